The van der Waals surface area contributed by atoms with Gasteiger partial charge in [-0.05, 0) is 62.9 Å². The van der Waals surface area contributed by atoms with E-state index in [2.05, 4.69) is 5.32 Å². The average molecular weight is 668 g/mol. The third kappa shape index (κ3) is 5.58. The molecule has 0 radical (unpaired) electrons. The van der Waals surface area contributed by atoms with Gasteiger partial charge in [0, 0.05) is 50.7 Å². The maximum atomic E-state index is 15.7. The molecule has 3 aromatic heterocycles. The topological polar surface area (TPSA) is 130 Å². The van der Waals surface area contributed by atoms with Gasteiger partial charge in [0.25, 0.3) is 11.8 Å². The molecule has 1 aliphatic carbocycles. The highest BCUT2D eigenvalue weighted by Crippen LogP contribution is 2.52. The van der Waals surface area contributed by atoms with E-state index in [1.807, 2.05) is 0 Å². The zero-order valence-electron chi connectivity index (χ0n) is 27.4. The highest BCUT2D eigenvalue weighted by molar-refractivity contribution is 6.00. The number of nitrogens with zero attached hydrogens (tertiary/aromatic N) is 5. The number of fused-ring (bicyclic) bond motifs is 3. The molecule has 3 N–H and O–H groups in total. The van der Waals surface area contributed by atoms with Crippen molar-refractivity contribution in [3.8, 4) is 17.3 Å². The lowest BCUT2D eigenvalue weighted by Crippen LogP contribution is -2.53. The lowest BCUT2D eigenvalue weighted by Gasteiger charge is -2.36. The van der Waals surface area contributed by atoms with Gasteiger partial charge in [0.15, 0.2) is 5.82 Å². The van der Waals surface area contributed by atoms with Gasteiger partial charge in [0.1, 0.15) is 22.6 Å². The number of methoxy groups -OCH3 is 2. The van der Waals surface area contributed by atoms with Gasteiger partial charge < -0.3 is 34.6 Å². The molecule has 14 heteroatoms. The number of hydrogen-bond acceptors (Lipinski definition) is 7. The third-order valence-electron chi connectivity index (χ3n) is 10.2. The number of hydrogen-bond donors (Lipinski definition) is 2. The number of pyridine rings is 1. The van der Waals surface area contributed by atoms with Crippen LogP contribution in [0.1, 0.15) is 61.1 Å². The van der Waals surface area contributed by atoms with E-state index in [9.17, 15) is 9.59 Å². The summed E-state index contributed by atoms with van der Waals surface area (Å²) in [5, 5.41) is 3.47. The Balaban J connectivity index is 1.31. The van der Waals surface area contributed by atoms with Crippen molar-refractivity contribution in [2.75, 3.05) is 27.3 Å². The normalized spacial score (nSPS) is 27.5. The molecule has 4 aromatic rings. The first kappa shape index (κ1) is 32.4. The highest BCUT2D eigenvalue weighted by atomic mass is 19.3. The number of aromatic nitrogens is 4. The van der Waals surface area contributed by atoms with Crippen LogP contribution in [0, 0.1) is 5.92 Å². The Morgan fingerprint density at radius 2 is 1.92 bits per heavy atom. The van der Waals surface area contributed by atoms with Crippen LogP contribution in [-0.4, -0.2) is 86.9 Å². The van der Waals surface area contributed by atoms with Crippen molar-refractivity contribution in [1.82, 2.24) is 29.3 Å². The Bertz CT molecular complexity index is 1930. The molecule has 1 saturated carbocycles. The number of nitrogens with two attached hydrogens (primary N) is 1. The summed E-state index contributed by atoms with van der Waals surface area (Å²) in [6.45, 7) is 1.86. The number of carbonyl (C=O) groups is 2. The van der Waals surface area contributed by atoms with Gasteiger partial charge in [-0.15, -0.1) is 0 Å². The van der Waals surface area contributed by atoms with E-state index >= 15 is 13.2 Å². The molecule has 1 saturated heterocycles. The van der Waals surface area contributed by atoms with Crippen molar-refractivity contribution in [2.24, 2.45) is 18.7 Å². The number of carbonyl (C=O) groups excluding carboxylic acids is 2. The molecule has 2 bridgehead atoms. The summed E-state index contributed by atoms with van der Waals surface area (Å²) < 4.78 is 61.0. The van der Waals surface area contributed by atoms with Crippen molar-refractivity contribution in [3.63, 3.8) is 0 Å². The SMILES string of the molecule is COc1cc(C(=O)N2CC[C@@H](OC)[C@@H](N)C2)cc2nc(-c3cc4ccc5nc4n3CC(F)(F)CCC[C@]3(F)C[C@H]3C(=O)N[C@@H]5C)n(C)c12. The fraction of sp³-hybridized carbons (Fsp3) is 0.529. The third-order valence-corrected chi connectivity index (χ3v) is 10.2. The van der Waals surface area contributed by atoms with Gasteiger partial charge in [-0.2, -0.15) is 0 Å². The summed E-state index contributed by atoms with van der Waals surface area (Å²) in [5.41, 5.74) is 7.08. The van der Waals surface area contributed by atoms with E-state index in [0.29, 0.717) is 70.1 Å². The van der Waals surface area contributed by atoms with Crippen molar-refractivity contribution < 1.29 is 32.2 Å². The predicted octanol–water partition coefficient (Wildman–Crippen LogP) is 4.51. The second kappa shape index (κ2) is 11.8. The van der Waals surface area contributed by atoms with E-state index in [1.54, 1.807) is 60.9 Å². The minimum atomic E-state index is -3.20. The van der Waals surface area contributed by atoms with Gasteiger partial charge in [0.05, 0.1) is 48.6 Å². The van der Waals surface area contributed by atoms with Crippen molar-refractivity contribution in [2.45, 2.75) is 75.4 Å². The van der Waals surface area contributed by atoms with Gasteiger partial charge >= 0.3 is 0 Å². The predicted molar refractivity (Wildman–Crippen MR) is 173 cm³/mol. The van der Waals surface area contributed by atoms with E-state index in [0.717, 1.165) is 0 Å². The summed E-state index contributed by atoms with van der Waals surface area (Å²) in [6.07, 6.45) is -0.189. The van der Waals surface area contributed by atoms with Crippen LogP contribution in [0.4, 0.5) is 13.2 Å². The first-order chi connectivity index (χ1) is 22.8. The number of benzene rings is 1. The van der Waals surface area contributed by atoms with Crippen LogP contribution in [0.25, 0.3) is 33.6 Å². The Morgan fingerprint density at radius 3 is 2.65 bits per heavy atom. The maximum Gasteiger partial charge on any atom is 0.265 e. The Morgan fingerprint density at radius 1 is 1.12 bits per heavy atom. The van der Waals surface area contributed by atoms with Crippen LogP contribution >= 0.6 is 0 Å². The molecular formula is C34H40F3N7O4. The van der Waals surface area contributed by atoms with E-state index in [-0.39, 0.29) is 37.3 Å². The van der Waals surface area contributed by atoms with Crippen LogP contribution in [0.15, 0.2) is 30.3 Å². The Hall–Kier alpha value is -4.17. The molecule has 11 nitrogen and oxygen atoms in total. The Labute approximate surface area is 275 Å². The zero-order valence-corrected chi connectivity index (χ0v) is 27.4. The molecule has 256 valence electrons. The van der Waals surface area contributed by atoms with E-state index < -0.39 is 42.4 Å². The van der Waals surface area contributed by atoms with Crippen LogP contribution in [0.2, 0.25) is 0 Å². The van der Waals surface area contributed by atoms with Gasteiger partial charge in [0.2, 0.25) is 5.91 Å². The number of ether oxygens (including phenoxy) is 2. The van der Waals surface area contributed by atoms with Crippen LogP contribution in [0.3, 0.4) is 0 Å². The summed E-state index contributed by atoms with van der Waals surface area (Å²) in [7, 11) is 4.87. The number of piperidine rings is 1. The minimum Gasteiger partial charge on any atom is -0.494 e. The molecule has 5 atom stereocenters. The van der Waals surface area contributed by atoms with Gasteiger partial charge in [-0.3, -0.25) is 9.59 Å². The average Bonchev–Trinajstić information content (AvgIpc) is 3.45. The first-order valence-corrected chi connectivity index (χ1v) is 16.3. The number of rotatable bonds is 4. The molecule has 1 aromatic carbocycles. The fourth-order valence-electron chi connectivity index (χ4n) is 7.39. The number of aryl methyl sites for hydroxylation is 1. The Kier molecular flexibility index (Phi) is 7.93. The lowest BCUT2D eigenvalue weighted by molar-refractivity contribution is -0.124. The van der Waals surface area contributed by atoms with Gasteiger partial charge in [-0.1, -0.05) is 0 Å². The fourth-order valence-corrected chi connectivity index (χ4v) is 7.39. The summed E-state index contributed by atoms with van der Waals surface area (Å²) in [6, 6.07) is 7.72. The molecule has 5 heterocycles. The number of alkyl halides is 3. The summed E-state index contributed by atoms with van der Waals surface area (Å²) >= 11 is 0. The van der Waals surface area contributed by atoms with E-state index in [4.69, 9.17) is 25.2 Å². The second-order valence-electron chi connectivity index (χ2n) is 13.5. The molecule has 0 unspecified atom stereocenters. The zero-order chi connectivity index (χ0) is 34.1. The summed E-state index contributed by atoms with van der Waals surface area (Å²) in [5.74, 6) is -3.91. The van der Waals surface area contributed by atoms with Crippen molar-refractivity contribution in [3.05, 3.63) is 41.6 Å². The molecule has 3 aliphatic rings. The lowest BCUT2D eigenvalue weighted by atomic mass is 10.0. The molecular weight excluding hydrogens is 627 g/mol. The number of amides is 2. The maximum absolute atomic E-state index is 15.7. The number of halogens is 3. The van der Waals surface area contributed by atoms with Crippen LogP contribution in [-0.2, 0) is 23.1 Å². The molecule has 2 fully saturated rings. The van der Waals surface area contributed by atoms with Crippen molar-refractivity contribution in [1.29, 1.82) is 0 Å². The minimum absolute atomic E-state index is 0.0388. The summed E-state index contributed by atoms with van der Waals surface area (Å²) in [4.78, 5) is 37.7. The second-order valence-corrected chi connectivity index (χ2v) is 13.5. The monoisotopic (exact) mass is 667 g/mol. The van der Waals surface area contributed by atoms with Crippen molar-refractivity contribution >= 4 is 33.9 Å². The molecule has 2 amide bonds. The number of likely N-dealkylation sites (tertiary alicyclic amines) is 1. The number of imidazole rings is 1. The quantitative estimate of drug-likeness (QED) is 0.328. The van der Waals surface area contributed by atoms with Crippen LogP contribution in [0.5, 0.6) is 5.75 Å². The largest absolute Gasteiger partial charge is 0.494 e. The first-order valence-electron chi connectivity index (χ1n) is 16.3. The molecule has 2 aliphatic heterocycles. The molecule has 48 heavy (non-hydrogen) atoms. The molecule has 7 rings (SSSR count). The van der Waals surface area contributed by atoms with E-state index in [1.165, 1.54) is 11.7 Å². The highest BCUT2D eigenvalue weighted by Gasteiger charge is 2.59. The van der Waals surface area contributed by atoms with Gasteiger partial charge in [-0.25, -0.2) is 23.1 Å². The molecule has 0 spiro atoms. The smallest absolute Gasteiger partial charge is 0.265 e. The number of nitrogens with one attached hydrogen (secondary N) is 1. The van der Waals surface area contributed by atoms with Crippen LogP contribution < -0.4 is 15.8 Å². The standard InChI is InChI=1S/C34H40F3N7O4/c1-18-23-7-6-19-13-25(44(29(19)40-23)17-34(36,37)10-5-9-33(35)15-21(33)31(45)39-18)30-41-24-12-20(14-27(48-4)28(24)42(30)2)32(46)43-11-8-26(47-3)22(38)16-43/h6-7,12-14,18,21-22,26H,5,8-11,15-17,38H2,1-4H3,(H,39,45)/t18-,21+,22+,26-,33+/m1/s1.